The quantitative estimate of drug-likeness (QED) is 0.720. The van der Waals surface area contributed by atoms with Crippen LogP contribution in [0.15, 0.2) is 34.7 Å². The van der Waals surface area contributed by atoms with E-state index in [0.29, 0.717) is 4.84 Å². The molecule has 2 nitrogen and oxygen atoms in total. The molecule has 78 valence electrons. The Hall–Kier alpha value is -1.35. The molecule has 0 bridgehead atoms. The van der Waals surface area contributed by atoms with E-state index >= 15 is 0 Å². The largest absolute Gasteiger partial charge is 0.435 e. The summed E-state index contributed by atoms with van der Waals surface area (Å²) in [5.41, 5.74) is 2.33. The summed E-state index contributed by atoms with van der Waals surface area (Å²) in [6, 6.07) is 10.2. The Labute approximate surface area is 94.2 Å². The Morgan fingerprint density at radius 1 is 1.20 bits per heavy atom. The summed E-state index contributed by atoms with van der Waals surface area (Å²) in [6.45, 7) is 4.74. The average molecular weight is 219 g/mol. The summed E-state index contributed by atoms with van der Waals surface area (Å²) < 4.78 is 7.41. The summed E-state index contributed by atoms with van der Waals surface area (Å²) in [5.74, 6) is 0.899. The highest BCUT2D eigenvalue weighted by Crippen LogP contribution is 2.13. The minimum absolute atomic E-state index is 0.550. The van der Waals surface area contributed by atoms with Gasteiger partial charge in [0.25, 0.3) is 4.84 Å². The molecular formula is C12H13NOS. The van der Waals surface area contributed by atoms with Gasteiger partial charge in [0, 0.05) is 0 Å². The van der Waals surface area contributed by atoms with Gasteiger partial charge in [-0.25, -0.2) is 0 Å². The Morgan fingerprint density at radius 3 is 2.40 bits per heavy atom. The van der Waals surface area contributed by atoms with E-state index in [9.17, 15) is 0 Å². The van der Waals surface area contributed by atoms with Crippen LogP contribution in [0, 0.1) is 18.7 Å². The fraction of sp³-hybridized carbons (Fsp3) is 0.250. The first kappa shape index (κ1) is 10.2. The van der Waals surface area contributed by atoms with Crippen LogP contribution in [0.5, 0.6) is 0 Å². The number of nitrogens with zero attached hydrogens (tertiary/aromatic N) is 1. The highest BCUT2D eigenvalue weighted by Gasteiger charge is 2.06. The Bertz CT molecular complexity index is 510. The zero-order chi connectivity index (χ0) is 10.8. The van der Waals surface area contributed by atoms with E-state index in [2.05, 4.69) is 12.1 Å². The fourth-order valence-corrected chi connectivity index (χ4v) is 1.86. The van der Waals surface area contributed by atoms with Crippen molar-refractivity contribution < 1.29 is 4.42 Å². The van der Waals surface area contributed by atoms with Crippen LogP contribution >= 0.6 is 12.2 Å². The first-order chi connectivity index (χ1) is 7.18. The minimum atomic E-state index is 0.550. The van der Waals surface area contributed by atoms with Crippen molar-refractivity contribution in [1.29, 1.82) is 0 Å². The Kier molecular flexibility index (Phi) is 2.73. The third-order valence-corrected chi connectivity index (χ3v) is 2.86. The van der Waals surface area contributed by atoms with Crippen molar-refractivity contribution in [2.45, 2.75) is 20.4 Å². The lowest BCUT2D eigenvalue weighted by Gasteiger charge is -2.03. The third-order valence-electron chi connectivity index (χ3n) is 2.56. The number of aromatic nitrogens is 1. The Morgan fingerprint density at radius 2 is 1.87 bits per heavy atom. The lowest BCUT2D eigenvalue weighted by atomic mass is 10.2. The number of hydrogen-bond donors (Lipinski definition) is 0. The van der Waals surface area contributed by atoms with Gasteiger partial charge in [-0.1, -0.05) is 30.3 Å². The normalized spacial score (nSPS) is 10.5. The highest BCUT2D eigenvalue weighted by atomic mass is 32.1. The van der Waals surface area contributed by atoms with Crippen LogP contribution in [0.4, 0.5) is 0 Å². The first-order valence-corrected chi connectivity index (χ1v) is 5.30. The van der Waals surface area contributed by atoms with E-state index in [1.54, 1.807) is 0 Å². The predicted molar refractivity (Wildman–Crippen MR) is 62.6 cm³/mol. The van der Waals surface area contributed by atoms with Crippen molar-refractivity contribution in [3.8, 4) is 0 Å². The van der Waals surface area contributed by atoms with E-state index in [1.807, 2.05) is 36.6 Å². The van der Waals surface area contributed by atoms with Crippen LogP contribution in [0.3, 0.4) is 0 Å². The average Bonchev–Trinajstić information content (AvgIpc) is 2.47. The van der Waals surface area contributed by atoms with E-state index in [1.165, 1.54) is 5.56 Å². The molecule has 3 heteroatoms. The molecule has 0 aliphatic carbocycles. The van der Waals surface area contributed by atoms with Crippen molar-refractivity contribution in [2.75, 3.05) is 0 Å². The topological polar surface area (TPSA) is 18.1 Å². The van der Waals surface area contributed by atoms with Crippen molar-refractivity contribution in [1.82, 2.24) is 4.57 Å². The molecule has 0 amide bonds. The van der Waals surface area contributed by atoms with Crippen molar-refractivity contribution >= 4 is 12.2 Å². The maximum Gasteiger partial charge on any atom is 0.269 e. The molecule has 0 saturated carbocycles. The van der Waals surface area contributed by atoms with Gasteiger partial charge in [-0.05, 0) is 31.6 Å². The number of hydrogen-bond acceptors (Lipinski definition) is 2. The van der Waals surface area contributed by atoms with Gasteiger partial charge in [-0.2, -0.15) is 0 Å². The summed E-state index contributed by atoms with van der Waals surface area (Å²) >= 11 is 5.16. The number of aryl methyl sites for hydroxylation is 1. The minimum Gasteiger partial charge on any atom is -0.435 e. The molecule has 0 atom stereocenters. The monoisotopic (exact) mass is 219 g/mol. The van der Waals surface area contributed by atoms with Gasteiger partial charge >= 0.3 is 0 Å². The maximum absolute atomic E-state index is 5.40. The molecule has 0 spiro atoms. The number of oxazole rings is 1. The molecule has 2 rings (SSSR count). The molecule has 0 radical (unpaired) electrons. The van der Waals surface area contributed by atoms with Crippen LogP contribution in [0.2, 0.25) is 0 Å². The molecule has 0 aliphatic rings. The number of benzene rings is 1. The molecule has 1 aromatic heterocycles. The first-order valence-electron chi connectivity index (χ1n) is 4.89. The summed E-state index contributed by atoms with van der Waals surface area (Å²) in [7, 11) is 0. The lowest BCUT2D eigenvalue weighted by Crippen LogP contribution is -2.01. The van der Waals surface area contributed by atoms with Crippen LogP contribution in [-0.2, 0) is 6.54 Å². The standard InChI is InChI=1S/C12H13NOS/c1-9-10(2)14-12(15)13(9)8-11-6-4-3-5-7-11/h3-7H,8H2,1-2H3. The summed E-state index contributed by atoms with van der Waals surface area (Å²) in [5, 5.41) is 0. The smallest absolute Gasteiger partial charge is 0.269 e. The SMILES string of the molecule is Cc1oc(=S)n(Cc2ccccc2)c1C. The van der Waals surface area contributed by atoms with Gasteiger partial charge in [0.15, 0.2) is 0 Å². The molecule has 0 saturated heterocycles. The van der Waals surface area contributed by atoms with Gasteiger partial charge in [-0.3, -0.25) is 4.57 Å². The fourth-order valence-electron chi connectivity index (χ4n) is 1.54. The maximum atomic E-state index is 5.40. The van der Waals surface area contributed by atoms with Crippen LogP contribution < -0.4 is 0 Å². The molecule has 0 aliphatic heterocycles. The van der Waals surface area contributed by atoms with E-state index in [0.717, 1.165) is 18.0 Å². The van der Waals surface area contributed by atoms with Crippen molar-refractivity contribution in [3.05, 3.63) is 52.2 Å². The zero-order valence-corrected chi connectivity index (χ0v) is 9.67. The molecule has 1 heterocycles. The molecule has 0 fully saturated rings. The summed E-state index contributed by atoms with van der Waals surface area (Å²) in [4.78, 5) is 0.550. The van der Waals surface area contributed by atoms with E-state index in [-0.39, 0.29) is 0 Å². The van der Waals surface area contributed by atoms with Crippen LogP contribution in [0.1, 0.15) is 17.0 Å². The van der Waals surface area contributed by atoms with Gasteiger partial charge < -0.3 is 4.42 Å². The lowest BCUT2D eigenvalue weighted by molar-refractivity contribution is 0.492. The van der Waals surface area contributed by atoms with Crippen LogP contribution in [-0.4, -0.2) is 4.57 Å². The van der Waals surface area contributed by atoms with E-state index < -0.39 is 0 Å². The van der Waals surface area contributed by atoms with Gasteiger partial charge in [0.2, 0.25) is 0 Å². The molecule has 1 aromatic carbocycles. The van der Waals surface area contributed by atoms with Gasteiger partial charge in [-0.15, -0.1) is 0 Å². The second-order valence-corrected chi connectivity index (χ2v) is 3.93. The van der Waals surface area contributed by atoms with Crippen molar-refractivity contribution in [2.24, 2.45) is 0 Å². The second-order valence-electron chi connectivity index (χ2n) is 3.58. The van der Waals surface area contributed by atoms with Gasteiger partial charge in [0.1, 0.15) is 5.76 Å². The molecule has 0 N–H and O–H groups in total. The molecule has 15 heavy (non-hydrogen) atoms. The molecule has 0 unspecified atom stereocenters. The highest BCUT2D eigenvalue weighted by molar-refractivity contribution is 7.71. The molecule has 2 aromatic rings. The van der Waals surface area contributed by atoms with Crippen molar-refractivity contribution in [3.63, 3.8) is 0 Å². The number of rotatable bonds is 2. The zero-order valence-electron chi connectivity index (χ0n) is 8.86. The second kappa shape index (κ2) is 4.03. The van der Waals surface area contributed by atoms with Gasteiger partial charge in [0.05, 0.1) is 12.2 Å². The Balaban J connectivity index is 2.37. The molecular weight excluding hydrogens is 206 g/mol. The van der Waals surface area contributed by atoms with E-state index in [4.69, 9.17) is 16.6 Å². The van der Waals surface area contributed by atoms with Crippen LogP contribution in [0.25, 0.3) is 0 Å². The third kappa shape index (κ3) is 2.02. The predicted octanol–water partition coefficient (Wildman–Crippen LogP) is 3.48. The summed E-state index contributed by atoms with van der Waals surface area (Å²) in [6.07, 6.45) is 0.